The minimum Gasteiger partial charge on any atom is -0.497 e. The highest BCUT2D eigenvalue weighted by molar-refractivity contribution is 5.57. The zero-order valence-corrected chi connectivity index (χ0v) is 13.6. The van der Waals surface area contributed by atoms with Gasteiger partial charge >= 0.3 is 0 Å². The molecule has 5 heteroatoms. The average Bonchev–Trinajstić information content (AvgIpc) is 3.11. The zero-order chi connectivity index (χ0) is 16.8. The molecule has 0 aliphatic carbocycles. The lowest BCUT2D eigenvalue weighted by Gasteiger charge is -2.22. The fraction of sp³-hybridized carbons (Fsp3) is 0.211. The first-order chi connectivity index (χ1) is 11.8. The maximum atomic E-state index is 9.30. The number of anilines is 1. The molecule has 0 aliphatic rings. The third kappa shape index (κ3) is 3.75. The fourth-order valence-corrected chi connectivity index (χ4v) is 2.49. The van der Waals surface area contributed by atoms with E-state index in [-0.39, 0.29) is 6.61 Å². The Kier molecular flexibility index (Phi) is 5.13. The van der Waals surface area contributed by atoms with Crippen LogP contribution in [-0.4, -0.2) is 30.4 Å². The van der Waals surface area contributed by atoms with Crippen LogP contribution in [-0.2, 0) is 6.54 Å². The number of methoxy groups -OCH3 is 1. The van der Waals surface area contributed by atoms with E-state index < -0.39 is 0 Å². The van der Waals surface area contributed by atoms with E-state index in [1.165, 1.54) is 0 Å². The van der Waals surface area contributed by atoms with Crippen molar-refractivity contribution in [3.63, 3.8) is 0 Å². The molecule has 5 nitrogen and oxygen atoms in total. The van der Waals surface area contributed by atoms with Crippen LogP contribution in [0.15, 0.2) is 65.2 Å². The lowest BCUT2D eigenvalue weighted by molar-refractivity contribution is 0.300. The van der Waals surface area contributed by atoms with Crippen LogP contribution in [0.2, 0.25) is 0 Å². The summed E-state index contributed by atoms with van der Waals surface area (Å²) in [6.07, 6.45) is 1.72. The molecule has 3 rings (SSSR count). The van der Waals surface area contributed by atoms with Gasteiger partial charge in [0.2, 0.25) is 5.89 Å². The van der Waals surface area contributed by atoms with Crippen molar-refractivity contribution < 1.29 is 14.3 Å². The average molecular weight is 324 g/mol. The number of ether oxygens (including phenoxy) is 1. The first kappa shape index (κ1) is 16.1. The number of hydrogen-bond donors (Lipinski definition) is 1. The van der Waals surface area contributed by atoms with Crippen LogP contribution in [0.1, 0.15) is 5.89 Å². The van der Waals surface area contributed by atoms with Crippen molar-refractivity contribution in [3.8, 4) is 17.1 Å². The van der Waals surface area contributed by atoms with Crippen molar-refractivity contribution >= 4 is 5.69 Å². The van der Waals surface area contributed by atoms with Crippen LogP contribution in [0.4, 0.5) is 5.69 Å². The summed E-state index contributed by atoms with van der Waals surface area (Å²) in [6.45, 7) is 1.09. The Balaban J connectivity index is 1.76. The van der Waals surface area contributed by atoms with E-state index in [0.29, 0.717) is 24.7 Å². The summed E-state index contributed by atoms with van der Waals surface area (Å²) in [5, 5.41) is 9.30. The molecule has 124 valence electrons. The molecule has 1 N–H and O–H groups in total. The van der Waals surface area contributed by atoms with Crippen molar-refractivity contribution in [1.82, 2.24) is 4.98 Å². The van der Waals surface area contributed by atoms with Gasteiger partial charge < -0.3 is 19.2 Å². The summed E-state index contributed by atoms with van der Waals surface area (Å²) in [6, 6.07) is 17.6. The van der Waals surface area contributed by atoms with E-state index in [1.807, 2.05) is 59.5 Å². The Bertz CT molecular complexity index is 754. The van der Waals surface area contributed by atoms with Crippen LogP contribution >= 0.6 is 0 Å². The summed E-state index contributed by atoms with van der Waals surface area (Å²) < 4.78 is 11.0. The third-order valence-corrected chi connectivity index (χ3v) is 3.75. The van der Waals surface area contributed by atoms with Crippen molar-refractivity contribution in [2.24, 2.45) is 0 Å². The molecule has 2 aromatic carbocycles. The Labute approximate surface area is 141 Å². The molecule has 24 heavy (non-hydrogen) atoms. The van der Waals surface area contributed by atoms with Crippen molar-refractivity contribution in [2.75, 3.05) is 25.2 Å². The summed E-state index contributed by atoms with van der Waals surface area (Å²) >= 11 is 0. The van der Waals surface area contributed by atoms with E-state index in [2.05, 4.69) is 4.98 Å². The van der Waals surface area contributed by atoms with Gasteiger partial charge in [-0.2, -0.15) is 0 Å². The number of oxazole rings is 1. The minimum atomic E-state index is 0.0704. The predicted octanol–water partition coefficient (Wildman–Crippen LogP) is 3.35. The van der Waals surface area contributed by atoms with Crippen LogP contribution in [0, 0.1) is 0 Å². The summed E-state index contributed by atoms with van der Waals surface area (Å²) in [7, 11) is 1.64. The van der Waals surface area contributed by atoms with Crippen molar-refractivity contribution in [1.29, 1.82) is 0 Å². The summed E-state index contributed by atoms with van der Waals surface area (Å²) in [4.78, 5) is 6.39. The molecular weight excluding hydrogens is 304 g/mol. The molecule has 0 spiro atoms. The van der Waals surface area contributed by atoms with Gasteiger partial charge in [0.25, 0.3) is 0 Å². The number of para-hydroxylation sites is 1. The molecule has 0 radical (unpaired) electrons. The molecule has 3 aromatic rings. The van der Waals surface area contributed by atoms with E-state index in [9.17, 15) is 5.11 Å². The number of rotatable bonds is 7. The Morgan fingerprint density at radius 3 is 2.50 bits per heavy atom. The van der Waals surface area contributed by atoms with Gasteiger partial charge in [-0.25, -0.2) is 4.98 Å². The van der Waals surface area contributed by atoms with Gasteiger partial charge in [-0.1, -0.05) is 18.2 Å². The van der Waals surface area contributed by atoms with Gasteiger partial charge in [0.05, 0.1) is 26.5 Å². The third-order valence-electron chi connectivity index (χ3n) is 3.75. The van der Waals surface area contributed by atoms with Gasteiger partial charge in [0.1, 0.15) is 5.75 Å². The normalized spacial score (nSPS) is 10.6. The van der Waals surface area contributed by atoms with Crippen molar-refractivity contribution in [2.45, 2.75) is 6.54 Å². The van der Waals surface area contributed by atoms with Gasteiger partial charge in [0.15, 0.2) is 5.76 Å². The number of aromatic nitrogens is 1. The van der Waals surface area contributed by atoms with Gasteiger partial charge in [-0.3, -0.25) is 0 Å². The number of aliphatic hydroxyl groups is 1. The second-order valence-electron chi connectivity index (χ2n) is 5.33. The molecule has 0 fully saturated rings. The standard InChI is InChI=1S/C19H20N2O3/c1-23-17-9-7-15(8-10-17)18-13-20-19(24-18)14-21(11-12-22)16-5-3-2-4-6-16/h2-10,13,22H,11-12,14H2,1H3. The molecule has 1 aromatic heterocycles. The van der Waals surface area contributed by atoms with Gasteiger partial charge in [-0.15, -0.1) is 0 Å². The minimum absolute atomic E-state index is 0.0704. The Hall–Kier alpha value is -2.79. The molecule has 0 amide bonds. The van der Waals surface area contributed by atoms with Crippen LogP contribution in [0.5, 0.6) is 5.75 Å². The fourth-order valence-electron chi connectivity index (χ4n) is 2.49. The van der Waals surface area contributed by atoms with Crippen LogP contribution in [0.25, 0.3) is 11.3 Å². The predicted molar refractivity (Wildman–Crippen MR) is 93.1 cm³/mol. The SMILES string of the molecule is COc1ccc(-c2cnc(CN(CCO)c3ccccc3)o2)cc1. The molecule has 1 heterocycles. The van der Waals surface area contributed by atoms with E-state index in [0.717, 1.165) is 17.0 Å². The highest BCUT2D eigenvalue weighted by Crippen LogP contribution is 2.24. The largest absolute Gasteiger partial charge is 0.497 e. The maximum Gasteiger partial charge on any atom is 0.214 e. The molecule has 0 saturated carbocycles. The molecule has 0 saturated heterocycles. The number of nitrogens with zero attached hydrogens (tertiary/aromatic N) is 2. The molecular formula is C19H20N2O3. The maximum absolute atomic E-state index is 9.30. The second kappa shape index (κ2) is 7.66. The lowest BCUT2D eigenvalue weighted by atomic mass is 10.2. The Morgan fingerprint density at radius 2 is 1.83 bits per heavy atom. The summed E-state index contributed by atoms with van der Waals surface area (Å²) in [5.74, 6) is 2.12. The lowest BCUT2D eigenvalue weighted by Crippen LogP contribution is -2.26. The zero-order valence-electron chi connectivity index (χ0n) is 13.6. The van der Waals surface area contributed by atoms with Crippen LogP contribution < -0.4 is 9.64 Å². The number of benzene rings is 2. The monoisotopic (exact) mass is 324 g/mol. The highest BCUT2D eigenvalue weighted by Gasteiger charge is 2.12. The van der Waals surface area contributed by atoms with E-state index >= 15 is 0 Å². The topological polar surface area (TPSA) is 58.7 Å². The van der Waals surface area contributed by atoms with Crippen molar-refractivity contribution in [3.05, 3.63) is 66.7 Å². The molecule has 0 atom stereocenters. The molecule has 0 unspecified atom stereocenters. The quantitative estimate of drug-likeness (QED) is 0.722. The summed E-state index contributed by atoms with van der Waals surface area (Å²) in [5.41, 5.74) is 1.97. The van der Waals surface area contributed by atoms with Crippen LogP contribution in [0.3, 0.4) is 0 Å². The van der Waals surface area contributed by atoms with E-state index in [4.69, 9.17) is 9.15 Å². The molecule has 0 bridgehead atoms. The molecule has 0 aliphatic heterocycles. The second-order valence-corrected chi connectivity index (χ2v) is 5.33. The Morgan fingerprint density at radius 1 is 1.08 bits per heavy atom. The van der Waals surface area contributed by atoms with E-state index in [1.54, 1.807) is 13.3 Å². The smallest absolute Gasteiger partial charge is 0.214 e. The van der Waals surface area contributed by atoms with Gasteiger partial charge in [-0.05, 0) is 36.4 Å². The van der Waals surface area contributed by atoms with Gasteiger partial charge in [0, 0.05) is 17.8 Å². The first-order valence-electron chi connectivity index (χ1n) is 7.80. The first-order valence-corrected chi connectivity index (χ1v) is 7.80. The number of hydrogen-bond acceptors (Lipinski definition) is 5. The highest BCUT2D eigenvalue weighted by atomic mass is 16.5. The number of aliphatic hydroxyl groups excluding tert-OH is 1.